The molecule has 2 rings (SSSR count). The van der Waals surface area contributed by atoms with Gasteiger partial charge in [-0.1, -0.05) is 0 Å². The van der Waals surface area contributed by atoms with Crippen LogP contribution in [0.3, 0.4) is 0 Å². The van der Waals surface area contributed by atoms with E-state index < -0.39 is 0 Å². The Morgan fingerprint density at radius 3 is 2.64 bits per heavy atom. The van der Waals surface area contributed by atoms with Gasteiger partial charge in [-0.3, -0.25) is 4.79 Å². The highest BCUT2D eigenvalue weighted by Crippen LogP contribution is 2.18. The number of carbonyl (C=O) groups is 1. The number of rotatable bonds is 3. The zero-order chi connectivity index (χ0) is 9.80. The van der Waals surface area contributed by atoms with E-state index >= 15 is 0 Å². The van der Waals surface area contributed by atoms with E-state index in [2.05, 4.69) is 10.3 Å². The van der Waals surface area contributed by atoms with Crippen molar-refractivity contribution in [2.24, 2.45) is 0 Å². The van der Waals surface area contributed by atoms with Crippen molar-refractivity contribution in [3.63, 3.8) is 0 Å². The van der Waals surface area contributed by atoms with E-state index in [1.807, 2.05) is 17.5 Å². The number of hydrogen-bond donors (Lipinski definition) is 1. The molecule has 0 aliphatic rings. The maximum Gasteiger partial charge on any atom is 0.187 e. The maximum absolute atomic E-state index is 10.4. The summed E-state index contributed by atoms with van der Waals surface area (Å²) in [6, 6.07) is 7.24. The van der Waals surface area contributed by atoms with Crippen molar-refractivity contribution in [2.45, 2.75) is 0 Å². The first kappa shape index (κ1) is 8.90. The van der Waals surface area contributed by atoms with Crippen LogP contribution in [0.1, 0.15) is 10.4 Å². The van der Waals surface area contributed by atoms with Crippen LogP contribution in [0, 0.1) is 0 Å². The monoisotopic (exact) mass is 204 g/mol. The summed E-state index contributed by atoms with van der Waals surface area (Å²) < 4.78 is 0. The first-order valence-electron chi connectivity index (χ1n) is 4.10. The van der Waals surface area contributed by atoms with Crippen LogP contribution >= 0.6 is 11.3 Å². The van der Waals surface area contributed by atoms with Crippen LogP contribution in [-0.2, 0) is 0 Å². The molecule has 1 aromatic carbocycles. The number of aldehydes is 1. The van der Waals surface area contributed by atoms with Gasteiger partial charge in [0.2, 0.25) is 0 Å². The van der Waals surface area contributed by atoms with E-state index in [1.54, 1.807) is 18.3 Å². The van der Waals surface area contributed by atoms with Gasteiger partial charge in [0.05, 0.1) is 0 Å². The second-order valence-electron chi connectivity index (χ2n) is 2.70. The molecule has 2 aromatic rings. The third-order valence-corrected chi connectivity index (χ3v) is 2.42. The number of thiazole rings is 1. The topological polar surface area (TPSA) is 42.0 Å². The van der Waals surface area contributed by atoms with Crippen molar-refractivity contribution in [2.75, 3.05) is 5.32 Å². The molecule has 0 saturated heterocycles. The second kappa shape index (κ2) is 4.02. The van der Waals surface area contributed by atoms with Gasteiger partial charge in [-0.2, -0.15) is 0 Å². The molecular weight excluding hydrogens is 196 g/mol. The molecule has 4 heteroatoms. The lowest BCUT2D eigenvalue weighted by Gasteiger charge is -2.01. The molecule has 0 unspecified atom stereocenters. The van der Waals surface area contributed by atoms with Crippen molar-refractivity contribution in [3.8, 4) is 0 Å². The number of nitrogens with zero attached hydrogens (tertiary/aromatic N) is 1. The first-order valence-corrected chi connectivity index (χ1v) is 4.98. The Morgan fingerprint density at radius 2 is 2.07 bits per heavy atom. The third-order valence-electron chi connectivity index (χ3n) is 1.73. The van der Waals surface area contributed by atoms with Crippen LogP contribution in [0.4, 0.5) is 10.8 Å². The van der Waals surface area contributed by atoms with Gasteiger partial charge < -0.3 is 5.32 Å². The van der Waals surface area contributed by atoms with Crippen LogP contribution in [-0.4, -0.2) is 11.3 Å². The van der Waals surface area contributed by atoms with Gasteiger partial charge in [0, 0.05) is 22.8 Å². The minimum absolute atomic E-state index is 0.676. The highest BCUT2D eigenvalue weighted by Gasteiger charge is 1.96. The van der Waals surface area contributed by atoms with E-state index in [4.69, 9.17) is 0 Å². The average Bonchev–Trinajstić information content (AvgIpc) is 2.72. The lowest BCUT2D eigenvalue weighted by Crippen LogP contribution is -1.89. The Kier molecular flexibility index (Phi) is 2.55. The Bertz CT molecular complexity index is 408. The SMILES string of the molecule is O=Cc1ccc(Nc2nccs2)cc1. The molecule has 0 spiro atoms. The lowest BCUT2D eigenvalue weighted by molar-refractivity contribution is 0.112. The predicted octanol–water partition coefficient (Wildman–Crippen LogP) is 2.70. The summed E-state index contributed by atoms with van der Waals surface area (Å²) >= 11 is 1.54. The van der Waals surface area contributed by atoms with Crippen molar-refractivity contribution in [3.05, 3.63) is 41.4 Å². The van der Waals surface area contributed by atoms with Gasteiger partial charge >= 0.3 is 0 Å². The van der Waals surface area contributed by atoms with Crippen LogP contribution < -0.4 is 5.32 Å². The molecule has 0 amide bonds. The molecule has 14 heavy (non-hydrogen) atoms. The standard InChI is InChI=1S/C10H8N2OS/c13-7-8-1-3-9(4-2-8)12-10-11-5-6-14-10/h1-7H,(H,11,12). The minimum Gasteiger partial charge on any atom is -0.332 e. The summed E-state index contributed by atoms with van der Waals surface area (Å²) in [5.74, 6) is 0. The van der Waals surface area contributed by atoms with Gasteiger partial charge in [0.15, 0.2) is 5.13 Å². The Labute approximate surface area is 85.4 Å². The maximum atomic E-state index is 10.4. The molecule has 1 N–H and O–H groups in total. The minimum atomic E-state index is 0.676. The summed E-state index contributed by atoms with van der Waals surface area (Å²) in [6.45, 7) is 0. The molecular formula is C10H8N2OS. The molecule has 0 aliphatic heterocycles. The molecule has 0 bridgehead atoms. The quantitative estimate of drug-likeness (QED) is 0.781. The zero-order valence-electron chi connectivity index (χ0n) is 7.31. The second-order valence-corrected chi connectivity index (χ2v) is 3.60. The van der Waals surface area contributed by atoms with E-state index in [0.717, 1.165) is 17.1 Å². The van der Waals surface area contributed by atoms with Gasteiger partial charge in [-0.05, 0) is 24.3 Å². The summed E-state index contributed by atoms with van der Waals surface area (Å²) in [6.07, 6.45) is 2.57. The van der Waals surface area contributed by atoms with Crippen molar-refractivity contribution < 1.29 is 4.79 Å². The highest BCUT2D eigenvalue weighted by atomic mass is 32.1. The van der Waals surface area contributed by atoms with Gasteiger partial charge in [-0.25, -0.2) is 4.98 Å². The molecule has 0 atom stereocenters. The van der Waals surface area contributed by atoms with Crippen LogP contribution in [0.2, 0.25) is 0 Å². The van der Waals surface area contributed by atoms with E-state index in [-0.39, 0.29) is 0 Å². The Balaban J connectivity index is 2.14. The Morgan fingerprint density at radius 1 is 1.29 bits per heavy atom. The number of hydrogen-bond acceptors (Lipinski definition) is 4. The molecule has 0 fully saturated rings. The average molecular weight is 204 g/mol. The molecule has 1 aromatic heterocycles. The summed E-state index contributed by atoms with van der Waals surface area (Å²) in [4.78, 5) is 14.5. The van der Waals surface area contributed by atoms with E-state index in [0.29, 0.717) is 5.56 Å². The lowest BCUT2D eigenvalue weighted by atomic mass is 10.2. The van der Waals surface area contributed by atoms with E-state index in [9.17, 15) is 4.79 Å². The fourth-order valence-electron chi connectivity index (χ4n) is 1.05. The van der Waals surface area contributed by atoms with Gasteiger partial charge in [0.25, 0.3) is 0 Å². The number of anilines is 2. The number of carbonyl (C=O) groups excluding carboxylic acids is 1. The van der Waals surface area contributed by atoms with Crippen molar-refractivity contribution in [1.82, 2.24) is 4.98 Å². The zero-order valence-corrected chi connectivity index (χ0v) is 8.12. The molecule has 0 radical (unpaired) electrons. The highest BCUT2D eigenvalue weighted by molar-refractivity contribution is 7.13. The summed E-state index contributed by atoms with van der Waals surface area (Å²) in [7, 11) is 0. The number of nitrogens with one attached hydrogen (secondary N) is 1. The normalized spacial score (nSPS) is 9.71. The Hall–Kier alpha value is -1.68. The van der Waals surface area contributed by atoms with Crippen molar-refractivity contribution in [1.29, 1.82) is 0 Å². The largest absolute Gasteiger partial charge is 0.332 e. The summed E-state index contributed by atoms with van der Waals surface area (Å²) in [5.41, 5.74) is 1.61. The molecule has 1 heterocycles. The summed E-state index contributed by atoms with van der Waals surface area (Å²) in [5, 5.41) is 5.88. The van der Waals surface area contributed by atoms with Gasteiger partial charge in [-0.15, -0.1) is 11.3 Å². The van der Waals surface area contributed by atoms with Crippen LogP contribution in [0.15, 0.2) is 35.8 Å². The first-order chi connectivity index (χ1) is 6.88. The fourth-order valence-corrected chi connectivity index (χ4v) is 1.60. The number of aromatic nitrogens is 1. The molecule has 70 valence electrons. The van der Waals surface area contributed by atoms with Crippen LogP contribution in [0.25, 0.3) is 0 Å². The van der Waals surface area contributed by atoms with Gasteiger partial charge in [0.1, 0.15) is 6.29 Å². The smallest absolute Gasteiger partial charge is 0.187 e. The predicted molar refractivity (Wildman–Crippen MR) is 57.2 cm³/mol. The van der Waals surface area contributed by atoms with Crippen molar-refractivity contribution >= 4 is 28.4 Å². The molecule has 0 aliphatic carbocycles. The van der Waals surface area contributed by atoms with Crippen LogP contribution in [0.5, 0.6) is 0 Å². The number of benzene rings is 1. The fraction of sp³-hybridized carbons (Fsp3) is 0. The third kappa shape index (κ3) is 1.97. The molecule has 0 saturated carbocycles. The van der Waals surface area contributed by atoms with E-state index in [1.165, 1.54) is 11.3 Å². The molecule has 3 nitrogen and oxygen atoms in total.